The van der Waals surface area contributed by atoms with E-state index in [1.54, 1.807) is 11.8 Å². The third-order valence-electron chi connectivity index (χ3n) is 1.67. The lowest BCUT2D eigenvalue weighted by Gasteiger charge is -2.10. The molecule has 15 heavy (non-hydrogen) atoms. The number of ether oxygens (including phenoxy) is 1. The van der Waals surface area contributed by atoms with Crippen LogP contribution in [0.5, 0.6) is 0 Å². The van der Waals surface area contributed by atoms with Gasteiger partial charge in [-0.2, -0.15) is 0 Å². The third-order valence-corrected chi connectivity index (χ3v) is 3.44. The molecule has 0 radical (unpaired) electrons. The van der Waals surface area contributed by atoms with Gasteiger partial charge in [-0.05, 0) is 31.2 Å². The zero-order valence-corrected chi connectivity index (χ0v) is 11.1. The quantitative estimate of drug-likeness (QED) is 0.627. The van der Waals surface area contributed by atoms with Crippen LogP contribution in [0, 0.1) is 0 Å². The van der Waals surface area contributed by atoms with Gasteiger partial charge < -0.3 is 4.74 Å². The molecule has 0 spiro atoms. The molecule has 0 amide bonds. The van der Waals surface area contributed by atoms with Gasteiger partial charge in [-0.15, -0.1) is 11.8 Å². The molecule has 1 aromatic carbocycles. The summed E-state index contributed by atoms with van der Waals surface area (Å²) in [7, 11) is 0. The summed E-state index contributed by atoms with van der Waals surface area (Å²) in [5, 5.41) is 0. The Hall–Kier alpha value is -0.480. The Balaban J connectivity index is 2.36. The number of thioether (sulfide) groups is 1. The molecule has 0 unspecified atom stereocenters. The lowest BCUT2D eigenvalue weighted by molar-refractivity contribution is -0.144. The highest BCUT2D eigenvalue weighted by atomic mass is 79.9. The number of esters is 1. The Labute approximate surface area is 103 Å². The van der Waals surface area contributed by atoms with Gasteiger partial charge in [0.15, 0.2) is 0 Å². The largest absolute Gasteiger partial charge is 0.462 e. The number of carbonyl (C=O) groups is 1. The molecule has 4 heteroatoms. The molecule has 0 aliphatic carbocycles. The summed E-state index contributed by atoms with van der Waals surface area (Å²) in [5.41, 5.74) is 0. The average molecular weight is 289 g/mol. The number of rotatable bonds is 4. The van der Waals surface area contributed by atoms with Crippen molar-refractivity contribution in [1.29, 1.82) is 0 Å². The second-order valence-corrected chi connectivity index (χ2v) is 5.19. The van der Waals surface area contributed by atoms with Crippen LogP contribution in [0.3, 0.4) is 0 Å². The maximum atomic E-state index is 10.7. The number of halogens is 1. The fraction of sp³-hybridized carbons (Fsp3) is 0.364. The normalized spacial score (nSPS) is 12.2. The molecule has 0 aliphatic heterocycles. The van der Waals surface area contributed by atoms with E-state index in [1.165, 1.54) is 11.8 Å². The molecule has 1 aromatic rings. The molecule has 0 saturated carbocycles. The summed E-state index contributed by atoms with van der Waals surface area (Å²) in [6.45, 7) is 3.33. The summed E-state index contributed by atoms with van der Waals surface area (Å²) < 4.78 is 6.10. The topological polar surface area (TPSA) is 26.3 Å². The first-order chi connectivity index (χ1) is 7.08. The Kier molecular flexibility index (Phi) is 5.19. The van der Waals surface area contributed by atoms with Crippen LogP contribution in [-0.2, 0) is 9.53 Å². The highest BCUT2D eigenvalue weighted by molar-refractivity contribution is 9.10. The summed E-state index contributed by atoms with van der Waals surface area (Å²) in [4.78, 5) is 11.9. The molecule has 0 fully saturated rings. The van der Waals surface area contributed by atoms with Crippen molar-refractivity contribution in [3.05, 3.63) is 28.7 Å². The van der Waals surface area contributed by atoms with Gasteiger partial charge in [0, 0.05) is 22.0 Å². The summed E-state index contributed by atoms with van der Waals surface area (Å²) >= 11 is 5.06. The minimum absolute atomic E-state index is 0.0452. The van der Waals surface area contributed by atoms with Crippen molar-refractivity contribution in [3.63, 3.8) is 0 Å². The molecule has 0 N–H and O–H groups in total. The summed E-state index contributed by atoms with van der Waals surface area (Å²) in [5.74, 6) is 0.556. The Morgan fingerprint density at radius 1 is 1.47 bits per heavy atom. The fourth-order valence-corrected chi connectivity index (χ4v) is 2.15. The van der Waals surface area contributed by atoms with Crippen LogP contribution < -0.4 is 0 Å². The molecule has 2 nitrogen and oxygen atoms in total. The molecule has 82 valence electrons. The predicted octanol–water partition coefficient (Wildman–Crippen LogP) is 3.49. The van der Waals surface area contributed by atoms with Gasteiger partial charge in [-0.1, -0.05) is 15.9 Å². The third kappa shape index (κ3) is 5.23. The van der Waals surface area contributed by atoms with E-state index in [9.17, 15) is 4.79 Å². The highest BCUT2D eigenvalue weighted by Gasteiger charge is 2.05. The zero-order chi connectivity index (χ0) is 11.3. The van der Waals surface area contributed by atoms with Gasteiger partial charge in [-0.3, -0.25) is 4.79 Å². The van der Waals surface area contributed by atoms with Crippen molar-refractivity contribution >= 4 is 33.7 Å². The van der Waals surface area contributed by atoms with Crippen LogP contribution in [0.4, 0.5) is 0 Å². The van der Waals surface area contributed by atoms with Gasteiger partial charge in [0.1, 0.15) is 6.10 Å². The smallest absolute Gasteiger partial charge is 0.302 e. The van der Waals surface area contributed by atoms with Crippen molar-refractivity contribution in [1.82, 2.24) is 0 Å². The highest BCUT2D eigenvalue weighted by Crippen LogP contribution is 2.21. The monoisotopic (exact) mass is 288 g/mol. The van der Waals surface area contributed by atoms with E-state index in [0.29, 0.717) is 0 Å². The minimum Gasteiger partial charge on any atom is -0.462 e. The number of hydrogen-bond acceptors (Lipinski definition) is 3. The molecule has 0 saturated heterocycles. The Morgan fingerprint density at radius 3 is 2.60 bits per heavy atom. The zero-order valence-electron chi connectivity index (χ0n) is 8.70. The van der Waals surface area contributed by atoms with Crippen LogP contribution in [0.2, 0.25) is 0 Å². The van der Waals surface area contributed by atoms with Crippen LogP contribution in [0.15, 0.2) is 33.6 Å². The van der Waals surface area contributed by atoms with Crippen molar-refractivity contribution < 1.29 is 9.53 Å². The molecule has 1 rings (SSSR count). The van der Waals surface area contributed by atoms with Gasteiger partial charge in [0.25, 0.3) is 0 Å². The maximum Gasteiger partial charge on any atom is 0.302 e. The van der Waals surface area contributed by atoms with Crippen molar-refractivity contribution in [2.45, 2.75) is 24.8 Å². The van der Waals surface area contributed by atoms with E-state index in [1.807, 2.05) is 31.2 Å². The summed E-state index contributed by atoms with van der Waals surface area (Å²) in [6, 6.07) is 8.07. The van der Waals surface area contributed by atoms with Gasteiger partial charge in [0.2, 0.25) is 0 Å². The SMILES string of the molecule is CC(=O)O[C@H](C)CSc1ccc(Br)cc1. The van der Waals surface area contributed by atoms with Gasteiger partial charge in [-0.25, -0.2) is 0 Å². The van der Waals surface area contributed by atoms with Gasteiger partial charge >= 0.3 is 5.97 Å². The van der Waals surface area contributed by atoms with Crippen molar-refractivity contribution in [2.24, 2.45) is 0 Å². The van der Waals surface area contributed by atoms with Gasteiger partial charge in [0.05, 0.1) is 0 Å². The first kappa shape index (κ1) is 12.6. The fourth-order valence-electron chi connectivity index (χ4n) is 1.06. The molecule has 0 bridgehead atoms. The first-order valence-corrected chi connectivity index (χ1v) is 6.41. The van der Waals surface area contributed by atoms with E-state index in [4.69, 9.17) is 4.74 Å². The lowest BCUT2D eigenvalue weighted by atomic mass is 10.4. The van der Waals surface area contributed by atoms with E-state index in [2.05, 4.69) is 15.9 Å². The van der Waals surface area contributed by atoms with Crippen molar-refractivity contribution in [2.75, 3.05) is 5.75 Å². The Morgan fingerprint density at radius 2 is 2.07 bits per heavy atom. The van der Waals surface area contributed by atoms with Crippen LogP contribution >= 0.6 is 27.7 Å². The molecular formula is C11H13BrO2S. The van der Waals surface area contributed by atoms with E-state index in [0.717, 1.165) is 10.2 Å². The number of benzene rings is 1. The molecule has 0 aromatic heterocycles. The van der Waals surface area contributed by atoms with E-state index in [-0.39, 0.29) is 12.1 Å². The van der Waals surface area contributed by atoms with Crippen LogP contribution in [0.1, 0.15) is 13.8 Å². The standard InChI is InChI=1S/C11H13BrO2S/c1-8(14-9(2)13)7-15-11-5-3-10(12)4-6-11/h3-6,8H,7H2,1-2H3/t8-/m1/s1. The molecular weight excluding hydrogens is 276 g/mol. The molecule has 0 heterocycles. The molecule has 0 aliphatic rings. The predicted molar refractivity (Wildman–Crippen MR) is 66.1 cm³/mol. The van der Waals surface area contributed by atoms with Crippen LogP contribution in [-0.4, -0.2) is 17.8 Å². The number of hydrogen-bond donors (Lipinski definition) is 0. The first-order valence-electron chi connectivity index (χ1n) is 4.63. The van der Waals surface area contributed by atoms with Crippen LogP contribution in [0.25, 0.3) is 0 Å². The minimum atomic E-state index is -0.223. The average Bonchev–Trinajstić information content (AvgIpc) is 2.16. The second kappa shape index (κ2) is 6.18. The van der Waals surface area contributed by atoms with Crippen molar-refractivity contribution in [3.8, 4) is 0 Å². The van der Waals surface area contributed by atoms with E-state index < -0.39 is 0 Å². The second-order valence-electron chi connectivity index (χ2n) is 3.18. The number of carbonyl (C=O) groups excluding carboxylic acids is 1. The van der Waals surface area contributed by atoms with E-state index >= 15 is 0 Å². The Bertz CT molecular complexity index is 324. The summed E-state index contributed by atoms with van der Waals surface area (Å²) in [6.07, 6.45) is -0.0452. The molecule has 1 atom stereocenters. The lowest BCUT2D eigenvalue weighted by Crippen LogP contribution is -2.14. The maximum absolute atomic E-state index is 10.7.